The van der Waals surface area contributed by atoms with E-state index in [1.807, 2.05) is 30.0 Å². The molecule has 0 bridgehead atoms. The van der Waals surface area contributed by atoms with Gasteiger partial charge >= 0.3 is 0 Å². The van der Waals surface area contributed by atoms with Gasteiger partial charge in [-0.2, -0.15) is 0 Å². The molecule has 1 aromatic carbocycles. The maximum absolute atomic E-state index is 4.70. The van der Waals surface area contributed by atoms with Crippen LogP contribution in [0.25, 0.3) is 5.82 Å². The molecule has 0 aliphatic carbocycles. The monoisotopic (exact) mass is 376 g/mol. The fourth-order valence-corrected chi connectivity index (χ4v) is 3.04. The number of aliphatic imine (C=N–C) groups is 1. The van der Waals surface area contributed by atoms with Crippen LogP contribution in [-0.2, 0) is 19.5 Å². The molecule has 2 N–H and O–H groups in total. The third-order valence-corrected chi connectivity index (χ3v) is 4.59. The molecule has 3 aromatic rings. The van der Waals surface area contributed by atoms with Gasteiger partial charge in [0.05, 0.1) is 6.54 Å². The van der Waals surface area contributed by atoms with E-state index in [2.05, 4.69) is 64.8 Å². The summed E-state index contributed by atoms with van der Waals surface area (Å²) in [6.45, 7) is 8.36. The van der Waals surface area contributed by atoms with Crippen molar-refractivity contribution in [2.24, 2.45) is 4.99 Å². The number of aromatic nitrogens is 3. The second-order valence-electron chi connectivity index (χ2n) is 6.54. The van der Waals surface area contributed by atoms with Crippen molar-refractivity contribution in [1.29, 1.82) is 0 Å². The Kier molecular flexibility index (Phi) is 6.78. The summed E-state index contributed by atoms with van der Waals surface area (Å²) < 4.78 is 1.96. The second-order valence-corrected chi connectivity index (χ2v) is 6.54. The Labute approximate surface area is 166 Å². The first-order valence-electron chi connectivity index (χ1n) is 9.75. The highest BCUT2D eigenvalue weighted by Gasteiger charge is 2.04. The standard InChI is InChI=1S/C22H28N6/c1-4-19-8-6-7-9-20(19)16-27-22(23-5-2)26-15-18-10-11-21(25-14-18)28-13-12-24-17(28)3/h6-14H,4-5,15-16H2,1-3H3,(H2,23,26,27). The fraction of sp³-hybridized carbons (Fsp3) is 0.318. The molecular formula is C22H28N6. The predicted molar refractivity (Wildman–Crippen MR) is 114 cm³/mol. The summed E-state index contributed by atoms with van der Waals surface area (Å²) >= 11 is 0. The Morgan fingerprint density at radius 3 is 2.50 bits per heavy atom. The van der Waals surface area contributed by atoms with Gasteiger partial charge in [0.25, 0.3) is 0 Å². The van der Waals surface area contributed by atoms with Crippen molar-refractivity contribution in [3.63, 3.8) is 0 Å². The Morgan fingerprint density at radius 2 is 1.86 bits per heavy atom. The van der Waals surface area contributed by atoms with Gasteiger partial charge in [0.2, 0.25) is 0 Å². The maximum atomic E-state index is 4.70. The Hall–Kier alpha value is -3.15. The van der Waals surface area contributed by atoms with Crippen molar-refractivity contribution < 1.29 is 0 Å². The lowest BCUT2D eigenvalue weighted by atomic mass is 10.1. The van der Waals surface area contributed by atoms with Crippen molar-refractivity contribution in [1.82, 2.24) is 25.2 Å². The van der Waals surface area contributed by atoms with Crippen molar-refractivity contribution in [2.45, 2.75) is 40.3 Å². The van der Waals surface area contributed by atoms with Gasteiger partial charge < -0.3 is 10.6 Å². The molecular weight excluding hydrogens is 348 g/mol. The minimum atomic E-state index is 0.570. The number of guanidine groups is 1. The smallest absolute Gasteiger partial charge is 0.191 e. The summed E-state index contributed by atoms with van der Waals surface area (Å²) in [5, 5.41) is 6.74. The lowest BCUT2D eigenvalue weighted by molar-refractivity contribution is 0.808. The van der Waals surface area contributed by atoms with Crippen molar-refractivity contribution in [2.75, 3.05) is 6.54 Å². The Morgan fingerprint density at radius 1 is 1.04 bits per heavy atom. The molecule has 2 heterocycles. The Balaban J connectivity index is 1.64. The van der Waals surface area contributed by atoms with E-state index in [0.717, 1.165) is 42.7 Å². The first-order valence-corrected chi connectivity index (χ1v) is 9.75. The van der Waals surface area contributed by atoms with Gasteiger partial charge in [-0.15, -0.1) is 0 Å². The van der Waals surface area contributed by atoms with Crippen LogP contribution >= 0.6 is 0 Å². The molecule has 0 atom stereocenters. The SMILES string of the molecule is CCNC(=NCc1ccc(-n2ccnc2C)nc1)NCc1ccccc1CC. The average Bonchev–Trinajstić information content (AvgIpc) is 3.16. The number of hydrogen-bond donors (Lipinski definition) is 2. The molecule has 3 rings (SSSR count). The van der Waals surface area contributed by atoms with Crippen LogP contribution in [-0.4, -0.2) is 27.0 Å². The van der Waals surface area contributed by atoms with E-state index >= 15 is 0 Å². The lowest BCUT2D eigenvalue weighted by Crippen LogP contribution is -2.37. The van der Waals surface area contributed by atoms with Gasteiger partial charge in [-0.25, -0.2) is 15.0 Å². The van der Waals surface area contributed by atoms with E-state index in [4.69, 9.17) is 4.99 Å². The largest absolute Gasteiger partial charge is 0.357 e. The summed E-state index contributed by atoms with van der Waals surface area (Å²) in [6.07, 6.45) is 6.59. The minimum Gasteiger partial charge on any atom is -0.357 e. The number of rotatable bonds is 7. The van der Waals surface area contributed by atoms with Crippen LogP contribution in [0, 0.1) is 6.92 Å². The quantitative estimate of drug-likeness (QED) is 0.490. The molecule has 0 saturated carbocycles. The highest BCUT2D eigenvalue weighted by molar-refractivity contribution is 5.79. The zero-order valence-corrected chi connectivity index (χ0v) is 16.8. The molecule has 0 aliphatic rings. The highest BCUT2D eigenvalue weighted by Crippen LogP contribution is 2.10. The number of benzene rings is 1. The van der Waals surface area contributed by atoms with E-state index in [9.17, 15) is 0 Å². The molecule has 0 fully saturated rings. The molecule has 0 spiro atoms. The zero-order chi connectivity index (χ0) is 19.8. The van der Waals surface area contributed by atoms with Crippen molar-refractivity contribution in [3.8, 4) is 5.82 Å². The fourth-order valence-electron chi connectivity index (χ4n) is 3.04. The summed E-state index contributed by atoms with van der Waals surface area (Å²) in [6, 6.07) is 12.6. The average molecular weight is 377 g/mol. The third-order valence-electron chi connectivity index (χ3n) is 4.59. The van der Waals surface area contributed by atoms with E-state index in [-0.39, 0.29) is 0 Å². The number of nitrogens with zero attached hydrogens (tertiary/aromatic N) is 4. The lowest BCUT2D eigenvalue weighted by Gasteiger charge is -2.13. The van der Waals surface area contributed by atoms with Gasteiger partial charge in [0, 0.05) is 31.7 Å². The van der Waals surface area contributed by atoms with Crippen LogP contribution in [0.5, 0.6) is 0 Å². The van der Waals surface area contributed by atoms with E-state index in [1.165, 1.54) is 11.1 Å². The van der Waals surface area contributed by atoms with Crippen LogP contribution < -0.4 is 10.6 Å². The number of aryl methyl sites for hydroxylation is 2. The third kappa shape index (κ3) is 4.97. The van der Waals surface area contributed by atoms with E-state index in [1.54, 1.807) is 6.20 Å². The normalized spacial score (nSPS) is 11.5. The predicted octanol–water partition coefficient (Wildman–Crippen LogP) is 3.39. The highest BCUT2D eigenvalue weighted by atomic mass is 15.2. The zero-order valence-electron chi connectivity index (χ0n) is 16.8. The first-order chi connectivity index (χ1) is 13.7. The first kappa shape index (κ1) is 19.6. The summed E-state index contributed by atoms with van der Waals surface area (Å²) in [4.78, 5) is 13.5. The summed E-state index contributed by atoms with van der Waals surface area (Å²) in [7, 11) is 0. The second kappa shape index (κ2) is 9.69. The van der Waals surface area contributed by atoms with Crippen LogP contribution in [0.1, 0.15) is 36.4 Å². The van der Waals surface area contributed by atoms with Gasteiger partial charge in [0.1, 0.15) is 11.6 Å². The van der Waals surface area contributed by atoms with E-state index in [0.29, 0.717) is 6.54 Å². The van der Waals surface area contributed by atoms with Crippen LogP contribution in [0.4, 0.5) is 0 Å². The molecule has 0 saturated heterocycles. The summed E-state index contributed by atoms with van der Waals surface area (Å²) in [5.74, 6) is 2.59. The van der Waals surface area contributed by atoms with Crippen LogP contribution in [0.2, 0.25) is 0 Å². The summed E-state index contributed by atoms with van der Waals surface area (Å²) in [5.41, 5.74) is 3.73. The molecule has 0 amide bonds. The number of imidazole rings is 1. The van der Waals surface area contributed by atoms with Crippen molar-refractivity contribution >= 4 is 5.96 Å². The molecule has 6 nitrogen and oxygen atoms in total. The van der Waals surface area contributed by atoms with Gasteiger partial charge in [0.15, 0.2) is 5.96 Å². The number of hydrogen-bond acceptors (Lipinski definition) is 3. The van der Waals surface area contributed by atoms with Crippen LogP contribution in [0.3, 0.4) is 0 Å². The van der Waals surface area contributed by atoms with E-state index < -0.39 is 0 Å². The topological polar surface area (TPSA) is 67.1 Å². The van der Waals surface area contributed by atoms with Gasteiger partial charge in [-0.1, -0.05) is 37.3 Å². The number of nitrogens with one attached hydrogen (secondary N) is 2. The number of pyridine rings is 1. The molecule has 2 aromatic heterocycles. The Bertz CT molecular complexity index is 911. The molecule has 0 radical (unpaired) electrons. The molecule has 28 heavy (non-hydrogen) atoms. The van der Waals surface area contributed by atoms with Gasteiger partial charge in [-0.05, 0) is 43.0 Å². The van der Waals surface area contributed by atoms with Gasteiger partial charge in [-0.3, -0.25) is 4.57 Å². The minimum absolute atomic E-state index is 0.570. The van der Waals surface area contributed by atoms with Crippen molar-refractivity contribution in [3.05, 3.63) is 77.5 Å². The molecule has 0 aliphatic heterocycles. The molecule has 0 unspecified atom stereocenters. The maximum Gasteiger partial charge on any atom is 0.191 e. The molecule has 6 heteroatoms. The van der Waals surface area contributed by atoms with Crippen LogP contribution in [0.15, 0.2) is 60.0 Å². The molecule has 146 valence electrons.